The molecule has 0 saturated carbocycles. The number of rotatable bonds is 2. The normalized spacial score (nSPS) is 9.46. The van der Waals surface area contributed by atoms with E-state index in [1.165, 1.54) is 0 Å². The van der Waals surface area contributed by atoms with Crippen LogP contribution in [0.1, 0.15) is 5.56 Å². The van der Waals surface area contributed by atoms with Gasteiger partial charge >= 0.3 is 0 Å². The first-order valence-electron chi connectivity index (χ1n) is 4.01. The van der Waals surface area contributed by atoms with Crippen LogP contribution in [-0.2, 0) is 0 Å². The molecule has 1 rings (SSSR count). The van der Waals surface area contributed by atoms with Crippen molar-refractivity contribution >= 4 is 17.2 Å². The highest BCUT2D eigenvalue weighted by Crippen LogP contribution is 2.12. The van der Waals surface area contributed by atoms with E-state index in [9.17, 15) is 0 Å². The molecule has 0 aliphatic carbocycles. The van der Waals surface area contributed by atoms with Gasteiger partial charge in [0.2, 0.25) is 0 Å². The highest BCUT2D eigenvalue weighted by molar-refractivity contribution is 7.80. The van der Waals surface area contributed by atoms with E-state index in [-0.39, 0.29) is 0 Å². The molecule has 3 heteroatoms. The monoisotopic (exact) mass is 195 g/mol. The van der Waals surface area contributed by atoms with E-state index >= 15 is 0 Å². The van der Waals surface area contributed by atoms with Crippen LogP contribution in [0.15, 0.2) is 24.3 Å². The lowest BCUT2D eigenvalue weighted by Gasteiger charge is -2.13. The molecule has 1 aromatic rings. The van der Waals surface area contributed by atoms with Crippen molar-refractivity contribution in [2.45, 2.75) is 0 Å². The molecular weight excluding hydrogens is 182 g/mol. The summed E-state index contributed by atoms with van der Waals surface area (Å²) in [5, 5.41) is 0. The van der Waals surface area contributed by atoms with Gasteiger partial charge in [-0.3, -0.25) is 0 Å². The average Bonchev–Trinajstić information content (AvgIpc) is 2.17. The third-order valence-electron chi connectivity index (χ3n) is 1.74. The van der Waals surface area contributed by atoms with Gasteiger partial charge in [-0.05, 0) is 24.3 Å². The molecule has 0 bridgehead atoms. The maximum atomic E-state index is 5.21. The van der Waals surface area contributed by atoms with Gasteiger partial charge in [0.05, 0.1) is 7.11 Å². The first-order valence-corrected chi connectivity index (χ1v) is 4.41. The molecule has 0 aromatic heterocycles. The molecule has 0 aliphatic heterocycles. The quantitative estimate of drug-likeness (QED) is 0.669. The van der Waals surface area contributed by atoms with Gasteiger partial charge in [0.15, 0.2) is 0 Å². The van der Waals surface area contributed by atoms with Crippen LogP contribution in [0.2, 0.25) is 0 Å². The van der Waals surface area contributed by atoms with E-state index in [4.69, 9.17) is 17.0 Å². The van der Waals surface area contributed by atoms with Gasteiger partial charge in [-0.1, -0.05) is 12.2 Å². The van der Waals surface area contributed by atoms with Crippen LogP contribution in [0, 0.1) is 0 Å². The van der Waals surface area contributed by atoms with Gasteiger partial charge in [0.1, 0.15) is 10.7 Å². The Bertz CT molecular complexity index is 292. The number of hydrogen-bond acceptors (Lipinski definition) is 2. The Hall–Kier alpha value is -1.09. The third kappa shape index (κ3) is 2.42. The van der Waals surface area contributed by atoms with E-state index in [2.05, 4.69) is 0 Å². The molecule has 0 atom stereocenters. The Balaban J connectivity index is 2.86. The lowest BCUT2D eigenvalue weighted by molar-refractivity contribution is 0.415. The highest BCUT2D eigenvalue weighted by atomic mass is 32.1. The van der Waals surface area contributed by atoms with Crippen molar-refractivity contribution in [2.75, 3.05) is 21.2 Å². The molecule has 0 radical (unpaired) electrons. The second-order valence-corrected chi connectivity index (χ2v) is 3.31. The number of methoxy groups -OCH3 is 1. The number of ether oxygens (including phenoxy) is 1. The summed E-state index contributed by atoms with van der Waals surface area (Å²) >= 11 is 5.21. The number of nitrogens with zero attached hydrogens (tertiary/aromatic N) is 1. The Morgan fingerprint density at radius 2 is 1.77 bits per heavy atom. The second-order valence-electron chi connectivity index (χ2n) is 2.93. The zero-order valence-corrected chi connectivity index (χ0v) is 8.89. The minimum atomic E-state index is 0.836. The smallest absolute Gasteiger partial charge is 0.118 e. The van der Waals surface area contributed by atoms with Crippen molar-refractivity contribution in [2.24, 2.45) is 0 Å². The second kappa shape index (κ2) is 4.23. The number of benzene rings is 1. The van der Waals surface area contributed by atoms with E-state index in [0.29, 0.717) is 0 Å². The minimum Gasteiger partial charge on any atom is -0.497 e. The van der Waals surface area contributed by atoms with Gasteiger partial charge < -0.3 is 9.64 Å². The maximum absolute atomic E-state index is 5.21. The Kier molecular flexibility index (Phi) is 3.25. The van der Waals surface area contributed by atoms with E-state index in [1.54, 1.807) is 7.11 Å². The lowest BCUT2D eigenvalue weighted by Crippen LogP contribution is -2.20. The molecule has 0 unspecified atom stereocenters. The summed E-state index contributed by atoms with van der Waals surface area (Å²) in [6.45, 7) is 0. The fraction of sp³-hybridized carbons (Fsp3) is 0.300. The summed E-state index contributed by atoms with van der Waals surface area (Å²) in [4.78, 5) is 2.75. The van der Waals surface area contributed by atoms with Crippen molar-refractivity contribution in [3.63, 3.8) is 0 Å². The summed E-state index contributed by atoms with van der Waals surface area (Å²) in [5.74, 6) is 0.852. The summed E-state index contributed by atoms with van der Waals surface area (Å²) in [5.41, 5.74) is 1.04. The van der Waals surface area contributed by atoms with E-state index in [0.717, 1.165) is 16.3 Å². The van der Waals surface area contributed by atoms with Crippen molar-refractivity contribution in [1.29, 1.82) is 0 Å². The van der Waals surface area contributed by atoms with Crippen molar-refractivity contribution in [3.8, 4) is 5.75 Å². The first kappa shape index (κ1) is 9.99. The molecule has 2 nitrogen and oxygen atoms in total. The fourth-order valence-electron chi connectivity index (χ4n) is 0.992. The number of hydrogen-bond donors (Lipinski definition) is 0. The van der Waals surface area contributed by atoms with Gasteiger partial charge in [0, 0.05) is 19.7 Å². The largest absolute Gasteiger partial charge is 0.497 e. The Morgan fingerprint density at radius 1 is 1.23 bits per heavy atom. The molecule has 1 aromatic carbocycles. The van der Waals surface area contributed by atoms with Crippen LogP contribution in [0.3, 0.4) is 0 Å². The van der Waals surface area contributed by atoms with E-state index < -0.39 is 0 Å². The lowest BCUT2D eigenvalue weighted by atomic mass is 10.2. The van der Waals surface area contributed by atoms with Gasteiger partial charge in [-0.15, -0.1) is 0 Å². The Labute approximate surface area is 84.1 Å². The minimum absolute atomic E-state index is 0.836. The van der Waals surface area contributed by atoms with Crippen LogP contribution >= 0.6 is 12.2 Å². The predicted octanol–water partition coefficient (Wildman–Crippen LogP) is 1.93. The molecule has 70 valence electrons. The maximum Gasteiger partial charge on any atom is 0.118 e. The van der Waals surface area contributed by atoms with Crippen LogP contribution in [0.25, 0.3) is 0 Å². The van der Waals surface area contributed by atoms with Crippen LogP contribution in [-0.4, -0.2) is 31.1 Å². The zero-order chi connectivity index (χ0) is 9.84. The molecule has 0 saturated heterocycles. The first-order chi connectivity index (χ1) is 6.15. The molecule has 0 spiro atoms. The van der Waals surface area contributed by atoms with Crippen molar-refractivity contribution in [1.82, 2.24) is 4.90 Å². The SMILES string of the molecule is COc1ccc(C(=S)N(C)C)cc1. The van der Waals surface area contributed by atoms with Gasteiger partial charge in [-0.25, -0.2) is 0 Å². The predicted molar refractivity (Wildman–Crippen MR) is 58.4 cm³/mol. The zero-order valence-electron chi connectivity index (χ0n) is 8.07. The summed E-state index contributed by atoms with van der Waals surface area (Å²) < 4.78 is 5.05. The molecule has 0 amide bonds. The Morgan fingerprint density at radius 3 is 2.15 bits per heavy atom. The standard InChI is InChI=1S/C10H13NOS/c1-11(2)10(13)8-4-6-9(12-3)7-5-8/h4-7H,1-3H3. The van der Waals surface area contributed by atoms with Crippen molar-refractivity contribution < 1.29 is 4.74 Å². The fourth-order valence-corrected chi connectivity index (χ4v) is 1.13. The van der Waals surface area contributed by atoms with E-state index in [1.807, 2.05) is 43.3 Å². The number of thiocarbonyl (C=S) groups is 1. The van der Waals surface area contributed by atoms with Gasteiger partial charge in [-0.2, -0.15) is 0 Å². The molecule has 0 N–H and O–H groups in total. The summed E-state index contributed by atoms with van der Waals surface area (Å²) in [7, 11) is 5.53. The average molecular weight is 195 g/mol. The van der Waals surface area contributed by atoms with Crippen LogP contribution < -0.4 is 4.74 Å². The molecule has 0 fully saturated rings. The molecular formula is C10H13NOS. The molecule has 13 heavy (non-hydrogen) atoms. The summed E-state index contributed by atoms with van der Waals surface area (Å²) in [6.07, 6.45) is 0. The van der Waals surface area contributed by atoms with Crippen LogP contribution in [0.5, 0.6) is 5.75 Å². The highest BCUT2D eigenvalue weighted by Gasteiger charge is 2.02. The van der Waals surface area contributed by atoms with Crippen LogP contribution in [0.4, 0.5) is 0 Å². The van der Waals surface area contributed by atoms with Gasteiger partial charge in [0.25, 0.3) is 0 Å². The molecule has 0 heterocycles. The molecule has 0 aliphatic rings. The third-order valence-corrected chi connectivity index (χ3v) is 2.34. The topological polar surface area (TPSA) is 12.5 Å². The summed E-state index contributed by atoms with van der Waals surface area (Å²) in [6, 6.07) is 7.73. The van der Waals surface area contributed by atoms with Crippen molar-refractivity contribution in [3.05, 3.63) is 29.8 Å².